The second kappa shape index (κ2) is 4.87. The van der Waals surface area contributed by atoms with Crippen LogP contribution in [0.15, 0.2) is 30.3 Å². The third-order valence-electron chi connectivity index (χ3n) is 4.21. The number of hydrogen-bond acceptors (Lipinski definition) is 4. The summed E-state index contributed by atoms with van der Waals surface area (Å²) in [7, 11) is 1.73. The molecule has 0 spiro atoms. The fourth-order valence-electron chi connectivity index (χ4n) is 2.83. The van der Waals surface area contributed by atoms with E-state index in [2.05, 4.69) is 22.5 Å². The molecule has 1 aliphatic carbocycles. The van der Waals surface area contributed by atoms with Gasteiger partial charge in [-0.15, -0.1) is 0 Å². The quantitative estimate of drug-likeness (QED) is 0.677. The maximum atomic E-state index is 11.2. The fraction of sp³-hybridized carbons (Fsp3) is 0.400. The Kier molecular flexibility index (Phi) is 3.16. The standard InChI is InChI=1S/C15H18N4O2/c1-11-13(19(20)21)14(18(2)17-11)16-10-15(8-9-15)12-6-4-3-5-7-12/h3-7,16H,8-10H2,1-2H3. The minimum atomic E-state index is -0.368. The molecule has 1 fully saturated rings. The van der Waals surface area contributed by atoms with Gasteiger partial charge in [0, 0.05) is 19.0 Å². The van der Waals surface area contributed by atoms with Crippen molar-refractivity contribution in [2.24, 2.45) is 7.05 Å². The van der Waals surface area contributed by atoms with Crippen molar-refractivity contribution in [3.05, 3.63) is 51.7 Å². The first-order chi connectivity index (χ1) is 10.0. The van der Waals surface area contributed by atoms with Gasteiger partial charge in [0.05, 0.1) is 4.92 Å². The Morgan fingerprint density at radius 1 is 1.38 bits per heavy atom. The van der Waals surface area contributed by atoms with E-state index >= 15 is 0 Å². The number of anilines is 1. The molecule has 0 aliphatic heterocycles. The topological polar surface area (TPSA) is 73.0 Å². The molecule has 110 valence electrons. The summed E-state index contributed by atoms with van der Waals surface area (Å²) in [5.41, 5.74) is 1.91. The Balaban J connectivity index is 1.82. The minimum absolute atomic E-state index is 0.0707. The summed E-state index contributed by atoms with van der Waals surface area (Å²) in [5, 5.41) is 18.6. The van der Waals surface area contributed by atoms with Crippen LogP contribution in [0.4, 0.5) is 11.5 Å². The van der Waals surface area contributed by atoms with Crippen LogP contribution >= 0.6 is 0 Å². The highest BCUT2D eigenvalue weighted by Crippen LogP contribution is 2.48. The van der Waals surface area contributed by atoms with Gasteiger partial charge in [-0.1, -0.05) is 30.3 Å². The molecule has 3 rings (SSSR count). The van der Waals surface area contributed by atoms with Crippen molar-refractivity contribution in [1.82, 2.24) is 9.78 Å². The summed E-state index contributed by atoms with van der Waals surface area (Å²) < 4.78 is 1.55. The van der Waals surface area contributed by atoms with Crippen molar-refractivity contribution >= 4 is 11.5 Å². The summed E-state index contributed by atoms with van der Waals surface area (Å²) in [5.74, 6) is 0.486. The Bertz CT molecular complexity index is 674. The molecule has 0 bridgehead atoms. The highest BCUT2D eigenvalue weighted by atomic mass is 16.6. The summed E-state index contributed by atoms with van der Waals surface area (Å²) >= 11 is 0. The third kappa shape index (κ3) is 2.37. The molecule has 1 heterocycles. The average Bonchev–Trinajstić information content (AvgIpc) is 3.19. The lowest BCUT2D eigenvalue weighted by Gasteiger charge is -2.17. The van der Waals surface area contributed by atoms with Gasteiger partial charge in [0.25, 0.3) is 0 Å². The number of nitrogens with zero attached hydrogens (tertiary/aromatic N) is 3. The van der Waals surface area contributed by atoms with Gasteiger partial charge in [0.1, 0.15) is 5.69 Å². The number of rotatable bonds is 5. The van der Waals surface area contributed by atoms with E-state index in [0.29, 0.717) is 18.1 Å². The van der Waals surface area contributed by atoms with Crippen LogP contribution in [0, 0.1) is 17.0 Å². The van der Waals surface area contributed by atoms with Gasteiger partial charge in [0.2, 0.25) is 5.82 Å². The van der Waals surface area contributed by atoms with E-state index in [1.54, 1.807) is 18.7 Å². The zero-order chi connectivity index (χ0) is 15.0. The number of nitro groups is 1. The van der Waals surface area contributed by atoms with Gasteiger partial charge in [-0.3, -0.25) is 10.1 Å². The van der Waals surface area contributed by atoms with E-state index in [1.807, 2.05) is 18.2 Å². The Morgan fingerprint density at radius 3 is 2.62 bits per heavy atom. The molecule has 1 aromatic carbocycles. The second-order valence-electron chi connectivity index (χ2n) is 5.66. The smallest absolute Gasteiger partial charge is 0.333 e. The van der Waals surface area contributed by atoms with Gasteiger partial charge in [-0.2, -0.15) is 5.10 Å². The molecule has 0 atom stereocenters. The molecule has 1 aliphatic rings. The predicted octanol–water partition coefficient (Wildman–Crippen LogP) is 2.78. The molecule has 0 saturated heterocycles. The van der Waals surface area contributed by atoms with E-state index in [0.717, 1.165) is 12.8 Å². The zero-order valence-electron chi connectivity index (χ0n) is 12.2. The van der Waals surface area contributed by atoms with Crippen molar-refractivity contribution in [3.8, 4) is 0 Å². The van der Waals surface area contributed by atoms with Crippen molar-refractivity contribution < 1.29 is 4.92 Å². The number of hydrogen-bond donors (Lipinski definition) is 1. The first-order valence-corrected chi connectivity index (χ1v) is 7.01. The van der Waals surface area contributed by atoms with Gasteiger partial charge in [-0.25, -0.2) is 4.68 Å². The highest BCUT2D eigenvalue weighted by molar-refractivity contribution is 5.60. The third-order valence-corrected chi connectivity index (χ3v) is 4.21. The summed E-state index contributed by atoms with van der Waals surface area (Å²) in [6.07, 6.45) is 2.21. The summed E-state index contributed by atoms with van der Waals surface area (Å²) in [6.45, 7) is 2.35. The lowest BCUT2D eigenvalue weighted by molar-refractivity contribution is -0.384. The molecular weight excluding hydrogens is 268 g/mol. The summed E-state index contributed by atoms with van der Waals surface area (Å²) in [6, 6.07) is 10.3. The molecule has 6 nitrogen and oxygen atoms in total. The molecule has 0 unspecified atom stereocenters. The molecule has 2 aromatic rings. The molecule has 0 radical (unpaired) electrons. The zero-order valence-corrected chi connectivity index (χ0v) is 12.2. The Morgan fingerprint density at radius 2 is 2.05 bits per heavy atom. The van der Waals surface area contributed by atoms with E-state index < -0.39 is 0 Å². The van der Waals surface area contributed by atoms with Crippen LogP contribution in [0.3, 0.4) is 0 Å². The predicted molar refractivity (Wildman–Crippen MR) is 80.4 cm³/mol. The lowest BCUT2D eigenvalue weighted by atomic mass is 9.96. The van der Waals surface area contributed by atoms with Crippen LogP contribution < -0.4 is 5.32 Å². The monoisotopic (exact) mass is 286 g/mol. The molecule has 1 N–H and O–H groups in total. The maximum Gasteiger partial charge on any atom is 0.333 e. The molecule has 1 aromatic heterocycles. The van der Waals surface area contributed by atoms with Crippen LogP contribution in [-0.4, -0.2) is 21.2 Å². The largest absolute Gasteiger partial charge is 0.364 e. The average molecular weight is 286 g/mol. The number of benzene rings is 1. The van der Waals surface area contributed by atoms with Crippen LogP contribution in [-0.2, 0) is 12.5 Å². The van der Waals surface area contributed by atoms with Crippen molar-refractivity contribution in [2.45, 2.75) is 25.2 Å². The fourth-order valence-corrected chi connectivity index (χ4v) is 2.83. The highest BCUT2D eigenvalue weighted by Gasteiger charge is 2.44. The second-order valence-corrected chi connectivity index (χ2v) is 5.66. The van der Waals surface area contributed by atoms with Gasteiger partial charge in [0.15, 0.2) is 0 Å². The molecular formula is C15H18N4O2. The minimum Gasteiger partial charge on any atom is -0.364 e. The van der Waals surface area contributed by atoms with Crippen LogP contribution in [0.25, 0.3) is 0 Å². The van der Waals surface area contributed by atoms with Crippen molar-refractivity contribution in [2.75, 3.05) is 11.9 Å². The van der Waals surface area contributed by atoms with Gasteiger partial charge < -0.3 is 5.32 Å². The number of aryl methyl sites for hydroxylation is 2. The lowest BCUT2D eigenvalue weighted by Crippen LogP contribution is -2.21. The normalized spacial score (nSPS) is 15.7. The van der Waals surface area contributed by atoms with Crippen LogP contribution in [0.2, 0.25) is 0 Å². The molecule has 0 amide bonds. The van der Waals surface area contributed by atoms with Crippen molar-refractivity contribution in [1.29, 1.82) is 0 Å². The molecule has 1 saturated carbocycles. The molecule has 6 heteroatoms. The first kappa shape index (κ1) is 13.6. The Labute approximate surface area is 122 Å². The van der Waals surface area contributed by atoms with E-state index in [1.165, 1.54) is 5.56 Å². The van der Waals surface area contributed by atoms with Crippen molar-refractivity contribution in [3.63, 3.8) is 0 Å². The number of aromatic nitrogens is 2. The van der Waals surface area contributed by atoms with E-state index in [-0.39, 0.29) is 16.0 Å². The van der Waals surface area contributed by atoms with Gasteiger partial charge >= 0.3 is 5.69 Å². The van der Waals surface area contributed by atoms with Gasteiger partial charge in [-0.05, 0) is 25.3 Å². The first-order valence-electron chi connectivity index (χ1n) is 7.01. The SMILES string of the molecule is Cc1nn(C)c(NCC2(c3ccccc3)CC2)c1[N+](=O)[O-]. The van der Waals surface area contributed by atoms with E-state index in [4.69, 9.17) is 0 Å². The van der Waals surface area contributed by atoms with Crippen LogP contribution in [0.1, 0.15) is 24.1 Å². The van der Waals surface area contributed by atoms with E-state index in [9.17, 15) is 10.1 Å². The Hall–Kier alpha value is -2.37. The van der Waals surface area contributed by atoms with Crippen LogP contribution in [0.5, 0.6) is 0 Å². The maximum absolute atomic E-state index is 11.2. The molecule has 21 heavy (non-hydrogen) atoms. The summed E-state index contributed by atoms with van der Waals surface area (Å²) in [4.78, 5) is 10.8. The number of nitrogens with one attached hydrogen (secondary N) is 1.